The molecule has 1 amide bonds. The summed E-state index contributed by atoms with van der Waals surface area (Å²) in [6.45, 7) is 2.08. The number of ether oxygens (including phenoxy) is 2. The molecule has 0 fully saturated rings. The monoisotopic (exact) mass is 288 g/mol. The van der Waals surface area contributed by atoms with Crippen LogP contribution in [0.15, 0.2) is 48.7 Å². The van der Waals surface area contributed by atoms with Gasteiger partial charge in [-0.1, -0.05) is 6.07 Å². The highest BCUT2D eigenvalue weighted by Gasteiger charge is 2.03. The molecule has 0 saturated heterocycles. The molecule has 2 rings (SSSR count). The highest BCUT2D eigenvalue weighted by atomic mass is 16.7. The van der Waals surface area contributed by atoms with E-state index in [4.69, 9.17) is 14.3 Å². The summed E-state index contributed by atoms with van der Waals surface area (Å²) in [5.74, 6) is 1.38. The van der Waals surface area contributed by atoms with E-state index >= 15 is 0 Å². The molecule has 1 aromatic heterocycles. The quantitative estimate of drug-likeness (QED) is 0.792. The van der Waals surface area contributed by atoms with Crippen molar-refractivity contribution >= 4 is 5.91 Å². The van der Waals surface area contributed by atoms with Crippen molar-refractivity contribution in [3.63, 3.8) is 0 Å². The molecular weight excluding hydrogens is 272 g/mol. The smallest absolute Gasteiger partial charge is 0.281 e. The summed E-state index contributed by atoms with van der Waals surface area (Å²) >= 11 is 0. The Morgan fingerprint density at radius 1 is 1.14 bits per heavy atom. The molecule has 0 atom stereocenters. The first-order valence-electron chi connectivity index (χ1n) is 6.50. The van der Waals surface area contributed by atoms with E-state index in [1.807, 2.05) is 12.1 Å². The van der Waals surface area contributed by atoms with Crippen molar-refractivity contribution in [2.45, 2.75) is 6.92 Å². The number of carbonyl (C=O) groups excluding carboxylic acids is 1. The third-order valence-electron chi connectivity index (χ3n) is 2.38. The number of benzene rings is 1. The second kappa shape index (κ2) is 7.86. The second-order valence-corrected chi connectivity index (χ2v) is 3.99. The van der Waals surface area contributed by atoms with Crippen molar-refractivity contribution < 1.29 is 19.1 Å². The lowest BCUT2D eigenvalue weighted by atomic mass is 10.3. The van der Waals surface area contributed by atoms with E-state index in [9.17, 15) is 4.79 Å². The van der Waals surface area contributed by atoms with Crippen LogP contribution in [-0.2, 0) is 9.63 Å². The van der Waals surface area contributed by atoms with Crippen molar-refractivity contribution in [1.29, 1.82) is 0 Å². The topological polar surface area (TPSA) is 69.7 Å². The van der Waals surface area contributed by atoms with Gasteiger partial charge in [-0.05, 0) is 37.3 Å². The number of carbonyl (C=O) groups is 1. The van der Waals surface area contributed by atoms with Gasteiger partial charge >= 0.3 is 0 Å². The first-order valence-corrected chi connectivity index (χ1v) is 6.50. The van der Waals surface area contributed by atoms with Gasteiger partial charge in [-0.15, -0.1) is 0 Å². The van der Waals surface area contributed by atoms with Crippen LogP contribution in [0.5, 0.6) is 17.4 Å². The van der Waals surface area contributed by atoms with Crippen LogP contribution in [0.1, 0.15) is 6.92 Å². The van der Waals surface area contributed by atoms with Gasteiger partial charge in [0.2, 0.25) is 5.88 Å². The molecule has 1 N–H and O–H groups in total. The number of hydrogen-bond acceptors (Lipinski definition) is 5. The van der Waals surface area contributed by atoms with Crippen molar-refractivity contribution in [3.05, 3.63) is 48.7 Å². The van der Waals surface area contributed by atoms with Crippen LogP contribution in [0.25, 0.3) is 0 Å². The molecular formula is C15H16N2O4. The molecule has 2 aromatic rings. The predicted molar refractivity (Wildman–Crippen MR) is 76.0 cm³/mol. The second-order valence-electron chi connectivity index (χ2n) is 3.99. The maximum absolute atomic E-state index is 11.3. The van der Waals surface area contributed by atoms with E-state index in [2.05, 4.69) is 10.5 Å². The molecule has 6 nitrogen and oxygen atoms in total. The predicted octanol–water partition coefficient (Wildman–Crippen LogP) is 2.32. The van der Waals surface area contributed by atoms with Crippen LogP contribution in [0.2, 0.25) is 0 Å². The van der Waals surface area contributed by atoms with E-state index in [0.717, 1.165) is 0 Å². The average Bonchev–Trinajstić information content (AvgIpc) is 2.53. The van der Waals surface area contributed by atoms with Gasteiger partial charge < -0.3 is 9.47 Å². The molecule has 0 unspecified atom stereocenters. The highest BCUT2D eigenvalue weighted by molar-refractivity contribution is 5.76. The average molecular weight is 288 g/mol. The van der Waals surface area contributed by atoms with E-state index < -0.39 is 0 Å². The maximum Gasteiger partial charge on any atom is 0.281 e. The van der Waals surface area contributed by atoms with E-state index in [1.54, 1.807) is 43.5 Å². The fourth-order valence-corrected chi connectivity index (χ4v) is 1.46. The Kier molecular flexibility index (Phi) is 5.54. The first-order chi connectivity index (χ1) is 10.3. The molecule has 6 heteroatoms. The third-order valence-corrected chi connectivity index (χ3v) is 2.38. The van der Waals surface area contributed by atoms with Gasteiger partial charge in [-0.2, -0.15) is 0 Å². The summed E-state index contributed by atoms with van der Waals surface area (Å²) in [6, 6.07) is 12.3. The maximum atomic E-state index is 11.3. The van der Waals surface area contributed by atoms with E-state index in [1.165, 1.54) is 0 Å². The molecule has 0 aliphatic carbocycles. The van der Waals surface area contributed by atoms with Gasteiger partial charge in [0, 0.05) is 12.3 Å². The summed E-state index contributed by atoms with van der Waals surface area (Å²) in [7, 11) is 0. The standard InChI is InChI=1S/C15H16N2O4/c1-2-20-17-14(18)11-19-12-6-8-13(9-7-12)21-15-5-3-4-10-16-15/h3-10H,2,11H2,1H3,(H,17,18). The molecule has 21 heavy (non-hydrogen) atoms. The number of aromatic nitrogens is 1. The third kappa shape index (κ3) is 5.12. The summed E-state index contributed by atoms with van der Waals surface area (Å²) in [5.41, 5.74) is 2.25. The normalized spacial score (nSPS) is 9.95. The Hall–Kier alpha value is -2.60. The van der Waals surface area contributed by atoms with Crippen LogP contribution in [0.4, 0.5) is 0 Å². The molecule has 0 aliphatic rings. The van der Waals surface area contributed by atoms with Gasteiger partial charge in [-0.3, -0.25) is 9.63 Å². The van der Waals surface area contributed by atoms with Crippen molar-refractivity contribution in [2.24, 2.45) is 0 Å². The fraction of sp³-hybridized carbons (Fsp3) is 0.200. The summed E-state index contributed by atoms with van der Waals surface area (Å²) in [5, 5.41) is 0. The Labute approximate surface area is 122 Å². The molecule has 110 valence electrons. The Morgan fingerprint density at radius 2 is 1.90 bits per heavy atom. The Bertz CT molecular complexity index is 558. The first kappa shape index (κ1) is 14.8. The van der Waals surface area contributed by atoms with Crippen LogP contribution in [0, 0.1) is 0 Å². The highest BCUT2D eigenvalue weighted by Crippen LogP contribution is 2.21. The lowest BCUT2D eigenvalue weighted by Crippen LogP contribution is -2.28. The fourth-order valence-electron chi connectivity index (χ4n) is 1.46. The van der Waals surface area contributed by atoms with E-state index in [0.29, 0.717) is 24.0 Å². The zero-order chi connectivity index (χ0) is 14.9. The lowest BCUT2D eigenvalue weighted by Gasteiger charge is -2.08. The summed E-state index contributed by atoms with van der Waals surface area (Å²) in [4.78, 5) is 20.1. The molecule has 0 saturated carbocycles. The van der Waals surface area contributed by atoms with Crippen LogP contribution in [-0.4, -0.2) is 24.1 Å². The minimum atomic E-state index is -0.342. The molecule has 0 radical (unpaired) electrons. The molecule has 1 heterocycles. The molecule has 0 spiro atoms. The Balaban J connectivity index is 1.83. The van der Waals surface area contributed by atoms with E-state index in [-0.39, 0.29) is 12.5 Å². The number of pyridine rings is 1. The van der Waals surface area contributed by atoms with Gasteiger partial charge in [0.25, 0.3) is 5.91 Å². The summed E-state index contributed by atoms with van der Waals surface area (Å²) in [6.07, 6.45) is 1.66. The van der Waals surface area contributed by atoms with Crippen LogP contribution >= 0.6 is 0 Å². The number of rotatable bonds is 7. The zero-order valence-corrected chi connectivity index (χ0v) is 11.6. The number of nitrogens with zero attached hydrogens (tertiary/aromatic N) is 1. The number of hydroxylamine groups is 1. The lowest BCUT2D eigenvalue weighted by molar-refractivity contribution is -0.135. The number of nitrogens with one attached hydrogen (secondary N) is 1. The van der Waals surface area contributed by atoms with Crippen molar-refractivity contribution in [2.75, 3.05) is 13.2 Å². The number of hydrogen-bond donors (Lipinski definition) is 1. The minimum Gasteiger partial charge on any atom is -0.484 e. The van der Waals surface area contributed by atoms with Crippen LogP contribution < -0.4 is 15.0 Å². The van der Waals surface area contributed by atoms with Gasteiger partial charge in [0.05, 0.1) is 6.61 Å². The SMILES string of the molecule is CCONC(=O)COc1ccc(Oc2ccccn2)cc1. The largest absolute Gasteiger partial charge is 0.484 e. The van der Waals surface area contributed by atoms with Gasteiger partial charge in [0.1, 0.15) is 11.5 Å². The van der Waals surface area contributed by atoms with Crippen molar-refractivity contribution in [1.82, 2.24) is 10.5 Å². The van der Waals surface area contributed by atoms with Crippen LogP contribution in [0.3, 0.4) is 0 Å². The number of amides is 1. The minimum absolute atomic E-state index is 0.111. The molecule has 0 aliphatic heterocycles. The molecule has 1 aromatic carbocycles. The summed E-state index contributed by atoms with van der Waals surface area (Å²) < 4.78 is 10.9. The van der Waals surface area contributed by atoms with Gasteiger partial charge in [-0.25, -0.2) is 10.5 Å². The Morgan fingerprint density at radius 3 is 2.57 bits per heavy atom. The molecule has 0 bridgehead atoms. The van der Waals surface area contributed by atoms with Gasteiger partial charge in [0.15, 0.2) is 6.61 Å². The zero-order valence-electron chi connectivity index (χ0n) is 11.6. The van der Waals surface area contributed by atoms with Crippen molar-refractivity contribution in [3.8, 4) is 17.4 Å².